The van der Waals surface area contributed by atoms with Crippen LogP contribution in [0.1, 0.15) is 18.9 Å². The Kier molecular flexibility index (Phi) is 6.54. The van der Waals surface area contributed by atoms with Crippen molar-refractivity contribution in [3.05, 3.63) is 88.7 Å². The molecule has 1 atom stereocenters. The molecule has 0 aliphatic heterocycles. The van der Waals surface area contributed by atoms with E-state index in [1.54, 1.807) is 29.0 Å². The minimum absolute atomic E-state index is 0.0414. The molecular formula is C25H21N7O3S. The van der Waals surface area contributed by atoms with E-state index in [-0.39, 0.29) is 11.6 Å². The van der Waals surface area contributed by atoms with Crippen LogP contribution in [0.25, 0.3) is 27.9 Å². The number of hydrogen-bond acceptors (Lipinski definition) is 8. The Bertz CT molecular complexity index is 1570. The van der Waals surface area contributed by atoms with Gasteiger partial charge in [0.15, 0.2) is 16.6 Å². The van der Waals surface area contributed by atoms with Gasteiger partial charge in [-0.15, -0.1) is 5.10 Å². The van der Waals surface area contributed by atoms with Gasteiger partial charge in [0.25, 0.3) is 5.69 Å². The number of fused-ring (bicyclic) bond motifs is 3. The molecule has 3 aromatic heterocycles. The topological polar surface area (TPSA) is 128 Å². The third-order valence-corrected chi connectivity index (χ3v) is 6.87. The van der Waals surface area contributed by atoms with E-state index in [0.29, 0.717) is 35.2 Å². The summed E-state index contributed by atoms with van der Waals surface area (Å²) in [6.07, 6.45) is 3.98. The highest BCUT2D eigenvalue weighted by Crippen LogP contribution is 2.30. The van der Waals surface area contributed by atoms with Crippen molar-refractivity contribution < 1.29 is 9.72 Å². The third-order valence-electron chi connectivity index (χ3n) is 5.56. The van der Waals surface area contributed by atoms with E-state index in [9.17, 15) is 14.9 Å². The number of nitro groups is 1. The van der Waals surface area contributed by atoms with Gasteiger partial charge in [0.1, 0.15) is 0 Å². The Balaban J connectivity index is 1.51. The van der Waals surface area contributed by atoms with Crippen LogP contribution in [-0.2, 0) is 11.3 Å². The van der Waals surface area contributed by atoms with Gasteiger partial charge in [-0.3, -0.25) is 19.9 Å². The van der Waals surface area contributed by atoms with Crippen LogP contribution in [0.4, 0.5) is 5.69 Å². The van der Waals surface area contributed by atoms with Crippen molar-refractivity contribution in [2.45, 2.75) is 30.3 Å². The lowest BCUT2D eigenvalue weighted by atomic mass is 10.2. The van der Waals surface area contributed by atoms with Gasteiger partial charge in [-0.2, -0.15) is 4.52 Å². The molecule has 0 saturated heterocycles. The SMILES string of the molecule is CC[C@@H](Sc1nc2ccccc2c2nc(-c3cccc([N+](=O)[O-])c3)nn12)C(=O)NCc1cccnc1. The number of hydrogen-bond donors (Lipinski definition) is 1. The maximum absolute atomic E-state index is 13.0. The highest BCUT2D eigenvalue weighted by molar-refractivity contribution is 8.00. The van der Waals surface area contributed by atoms with Crippen LogP contribution < -0.4 is 5.32 Å². The van der Waals surface area contributed by atoms with Crippen molar-refractivity contribution in [1.82, 2.24) is 29.9 Å². The number of pyridine rings is 1. The van der Waals surface area contributed by atoms with Crippen molar-refractivity contribution in [3.63, 3.8) is 0 Å². The number of non-ortho nitro benzene ring substituents is 1. The number of rotatable bonds is 8. The number of para-hydroxylation sites is 1. The van der Waals surface area contributed by atoms with Crippen LogP contribution in [0.5, 0.6) is 0 Å². The van der Waals surface area contributed by atoms with Crippen molar-refractivity contribution in [2.24, 2.45) is 0 Å². The highest BCUT2D eigenvalue weighted by Gasteiger charge is 2.23. The van der Waals surface area contributed by atoms with Gasteiger partial charge in [0.2, 0.25) is 5.91 Å². The van der Waals surface area contributed by atoms with Gasteiger partial charge >= 0.3 is 0 Å². The lowest BCUT2D eigenvalue weighted by Gasteiger charge is -2.15. The number of thioether (sulfide) groups is 1. The second kappa shape index (κ2) is 10.1. The molecule has 0 spiro atoms. The molecule has 180 valence electrons. The predicted molar refractivity (Wildman–Crippen MR) is 136 cm³/mol. The van der Waals surface area contributed by atoms with Gasteiger partial charge in [0.05, 0.1) is 15.7 Å². The molecule has 5 aromatic rings. The van der Waals surface area contributed by atoms with Crippen molar-refractivity contribution in [3.8, 4) is 11.4 Å². The summed E-state index contributed by atoms with van der Waals surface area (Å²) in [5, 5.41) is 19.7. The largest absolute Gasteiger partial charge is 0.351 e. The standard InChI is InChI=1S/C25H21N7O3S/c1-2-21(24(33)27-15-16-7-6-12-26-14-16)36-25-28-20-11-4-3-10-19(20)23-29-22(30-31(23)25)17-8-5-9-18(13-17)32(34)35/h3-14,21H,2,15H2,1H3,(H,27,33)/t21-/m1/s1. The van der Waals surface area contributed by atoms with Gasteiger partial charge in [0, 0.05) is 42.0 Å². The first kappa shape index (κ1) is 23.4. The zero-order valence-electron chi connectivity index (χ0n) is 19.2. The molecule has 1 N–H and O–H groups in total. The Morgan fingerprint density at radius 2 is 2.00 bits per heavy atom. The summed E-state index contributed by atoms with van der Waals surface area (Å²) in [5.41, 5.74) is 2.68. The van der Waals surface area contributed by atoms with Crippen LogP contribution in [0.3, 0.4) is 0 Å². The molecule has 11 heteroatoms. The first-order chi connectivity index (χ1) is 17.5. The quantitative estimate of drug-likeness (QED) is 0.144. The predicted octanol–water partition coefficient (Wildman–Crippen LogP) is 4.43. The molecule has 3 heterocycles. The van der Waals surface area contributed by atoms with Gasteiger partial charge in [-0.05, 0) is 30.2 Å². The van der Waals surface area contributed by atoms with E-state index in [1.165, 1.54) is 23.9 Å². The molecule has 0 radical (unpaired) electrons. The molecule has 10 nitrogen and oxygen atoms in total. The van der Waals surface area contributed by atoms with Crippen molar-refractivity contribution in [2.75, 3.05) is 0 Å². The molecule has 2 aromatic carbocycles. The van der Waals surface area contributed by atoms with Crippen LogP contribution in [-0.4, -0.2) is 40.6 Å². The first-order valence-corrected chi connectivity index (χ1v) is 12.1. The number of nitrogens with one attached hydrogen (secondary N) is 1. The van der Waals surface area contributed by atoms with E-state index in [1.807, 2.05) is 43.3 Å². The van der Waals surface area contributed by atoms with E-state index in [4.69, 9.17) is 9.97 Å². The molecule has 0 bridgehead atoms. The monoisotopic (exact) mass is 499 g/mol. The van der Waals surface area contributed by atoms with Gasteiger partial charge in [-0.25, -0.2) is 9.97 Å². The molecule has 0 saturated carbocycles. The average Bonchev–Trinajstić information content (AvgIpc) is 3.37. The number of amides is 1. The second-order valence-electron chi connectivity index (χ2n) is 7.98. The number of carbonyl (C=O) groups excluding carboxylic acids is 1. The zero-order valence-corrected chi connectivity index (χ0v) is 20.1. The van der Waals surface area contributed by atoms with E-state index >= 15 is 0 Å². The zero-order chi connectivity index (χ0) is 25.1. The number of aromatic nitrogens is 5. The Labute approximate surface area is 210 Å². The summed E-state index contributed by atoms with van der Waals surface area (Å²) < 4.78 is 1.61. The molecule has 5 rings (SSSR count). The summed E-state index contributed by atoms with van der Waals surface area (Å²) in [6.45, 7) is 2.32. The fourth-order valence-electron chi connectivity index (χ4n) is 3.74. The smallest absolute Gasteiger partial charge is 0.270 e. The minimum Gasteiger partial charge on any atom is -0.351 e. The summed E-state index contributed by atoms with van der Waals surface area (Å²) >= 11 is 1.31. The minimum atomic E-state index is -0.451. The molecule has 1 amide bonds. The fraction of sp³-hybridized carbons (Fsp3) is 0.160. The normalized spacial score (nSPS) is 12.0. The van der Waals surface area contributed by atoms with Crippen LogP contribution in [0.15, 0.2) is 78.2 Å². The molecule has 36 heavy (non-hydrogen) atoms. The van der Waals surface area contributed by atoms with Crippen LogP contribution in [0, 0.1) is 10.1 Å². The van der Waals surface area contributed by atoms with Gasteiger partial charge < -0.3 is 5.32 Å². The third kappa shape index (κ3) is 4.73. The molecule has 0 fully saturated rings. The molecule has 0 aliphatic rings. The van der Waals surface area contributed by atoms with Crippen molar-refractivity contribution >= 4 is 39.9 Å². The fourth-order valence-corrected chi connectivity index (χ4v) is 4.73. The second-order valence-corrected chi connectivity index (χ2v) is 9.15. The van der Waals surface area contributed by atoms with Crippen molar-refractivity contribution in [1.29, 1.82) is 0 Å². The maximum atomic E-state index is 13.0. The molecule has 0 unspecified atom stereocenters. The summed E-state index contributed by atoms with van der Waals surface area (Å²) in [7, 11) is 0. The summed E-state index contributed by atoms with van der Waals surface area (Å²) in [6, 6.07) is 17.5. The van der Waals surface area contributed by atoms with Gasteiger partial charge in [-0.1, -0.05) is 49.0 Å². The number of nitrogens with zero attached hydrogens (tertiary/aromatic N) is 6. The Morgan fingerprint density at radius 3 is 2.78 bits per heavy atom. The lowest BCUT2D eigenvalue weighted by Crippen LogP contribution is -2.32. The van der Waals surface area contributed by atoms with E-state index in [0.717, 1.165) is 16.5 Å². The molecule has 0 aliphatic carbocycles. The Morgan fingerprint density at radius 1 is 1.14 bits per heavy atom. The maximum Gasteiger partial charge on any atom is 0.270 e. The number of benzene rings is 2. The first-order valence-electron chi connectivity index (χ1n) is 11.3. The Hall–Kier alpha value is -4.38. The van der Waals surface area contributed by atoms with E-state index < -0.39 is 10.2 Å². The number of carbonyl (C=O) groups is 1. The van der Waals surface area contributed by atoms with Crippen LogP contribution in [0.2, 0.25) is 0 Å². The average molecular weight is 500 g/mol. The highest BCUT2D eigenvalue weighted by atomic mass is 32.2. The summed E-state index contributed by atoms with van der Waals surface area (Å²) in [5.74, 6) is 0.223. The van der Waals surface area contributed by atoms with Crippen LogP contribution >= 0.6 is 11.8 Å². The van der Waals surface area contributed by atoms with E-state index in [2.05, 4.69) is 15.4 Å². The lowest BCUT2D eigenvalue weighted by molar-refractivity contribution is -0.384. The summed E-state index contributed by atoms with van der Waals surface area (Å²) in [4.78, 5) is 37.3. The number of nitro benzene ring substituents is 1. The molecular weight excluding hydrogens is 478 g/mol.